The third-order valence-corrected chi connectivity index (χ3v) is 2.35. The molecule has 0 aliphatic rings. The maximum atomic E-state index is 11.3. The summed E-state index contributed by atoms with van der Waals surface area (Å²) in [5.41, 5.74) is 1.12. The van der Waals surface area contributed by atoms with Crippen molar-refractivity contribution < 1.29 is 14.3 Å². The first-order valence-electron chi connectivity index (χ1n) is 4.02. The van der Waals surface area contributed by atoms with Gasteiger partial charge in [-0.25, -0.2) is 4.79 Å². The van der Waals surface area contributed by atoms with Crippen molar-refractivity contribution in [1.82, 2.24) is 0 Å². The molecule has 0 radical (unpaired) electrons. The summed E-state index contributed by atoms with van der Waals surface area (Å²) in [5.74, 6) is 0.129. The van der Waals surface area contributed by atoms with Crippen LogP contribution in [0.25, 0.3) is 0 Å². The van der Waals surface area contributed by atoms with Gasteiger partial charge in [0.15, 0.2) is 0 Å². The van der Waals surface area contributed by atoms with E-state index in [1.165, 1.54) is 14.2 Å². The van der Waals surface area contributed by atoms with E-state index in [1.54, 1.807) is 19.1 Å². The molecule has 1 rings (SSSR count). The van der Waals surface area contributed by atoms with Gasteiger partial charge in [0, 0.05) is 5.02 Å². The van der Waals surface area contributed by atoms with Crippen molar-refractivity contribution in [3.05, 3.63) is 28.3 Å². The number of rotatable bonds is 2. The Balaban J connectivity index is 3.27. The van der Waals surface area contributed by atoms with Crippen molar-refractivity contribution in [3.63, 3.8) is 0 Å². The average molecular weight is 215 g/mol. The molecule has 0 aliphatic carbocycles. The minimum Gasteiger partial charge on any atom is -0.497 e. The van der Waals surface area contributed by atoms with Crippen LogP contribution in [0.5, 0.6) is 5.75 Å². The lowest BCUT2D eigenvalue weighted by Crippen LogP contribution is -2.04. The van der Waals surface area contributed by atoms with Gasteiger partial charge in [-0.3, -0.25) is 0 Å². The molecule has 0 aromatic heterocycles. The van der Waals surface area contributed by atoms with E-state index in [0.29, 0.717) is 21.9 Å². The molecule has 0 bridgehead atoms. The lowest BCUT2D eigenvalue weighted by Gasteiger charge is -2.08. The maximum absolute atomic E-state index is 11.3. The molecule has 0 heterocycles. The van der Waals surface area contributed by atoms with Gasteiger partial charge in [0.25, 0.3) is 0 Å². The summed E-state index contributed by atoms with van der Waals surface area (Å²) < 4.78 is 9.61. The van der Waals surface area contributed by atoms with Gasteiger partial charge in [0.1, 0.15) is 5.75 Å². The van der Waals surface area contributed by atoms with Gasteiger partial charge in [-0.15, -0.1) is 0 Å². The molecule has 0 fully saturated rings. The number of hydrogen-bond donors (Lipinski definition) is 0. The van der Waals surface area contributed by atoms with E-state index in [0.717, 1.165) is 0 Å². The maximum Gasteiger partial charge on any atom is 0.338 e. The lowest BCUT2D eigenvalue weighted by atomic mass is 10.1. The van der Waals surface area contributed by atoms with E-state index in [9.17, 15) is 4.79 Å². The molecule has 4 heteroatoms. The smallest absolute Gasteiger partial charge is 0.338 e. The highest BCUT2D eigenvalue weighted by Gasteiger charge is 2.13. The van der Waals surface area contributed by atoms with Gasteiger partial charge in [-0.1, -0.05) is 11.6 Å². The quantitative estimate of drug-likeness (QED) is 0.710. The molecule has 14 heavy (non-hydrogen) atoms. The molecular weight excluding hydrogens is 204 g/mol. The van der Waals surface area contributed by atoms with Crippen molar-refractivity contribution >= 4 is 17.6 Å². The first-order chi connectivity index (χ1) is 6.60. The van der Waals surface area contributed by atoms with Crippen LogP contribution in [0.1, 0.15) is 15.9 Å². The number of carbonyl (C=O) groups is 1. The minimum atomic E-state index is -0.414. The molecule has 0 spiro atoms. The van der Waals surface area contributed by atoms with Crippen molar-refractivity contribution in [2.75, 3.05) is 14.2 Å². The van der Waals surface area contributed by atoms with Crippen LogP contribution in [0.3, 0.4) is 0 Å². The van der Waals surface area contributed by atoms with Crippen molar-refractivity contribution in [2.45, 2.75) is 6.92 Å². The molecule has 0 saturated carbocycles. The molecule has 3 nitrogen and oxygen atoms in total. The highest BCUT2D eigenvalue weighted by atomic mass is 35.5. The van der Waals surface area contributed by atoms with E-state index in [4.69, 9.17) is 16.3 Å². The first-order valence-corrected chi connectivity index (χ1v) is 4.40. The second-order valence-corrected chi connectivity index (χ2v) is 3.18. The standard InChI is InChI=1S/C10H11ClO3/c1-6-8(10(12)14-3)4-7(13-2)5-9(6)11/h4-5H,1-3H3. The van der Waals surface area contributed by atoms with E-state index in [-0.39, 0.29) is 0 Å². The Morgan fingerprint density at radius 1 is 1.36 bits per heavy atom. The Hall–Kier alpha value is -1.22. The van der Waals surface area contributed by atoms with E-state index < -0.39 is 5.97 Å². The number of benzene rings is 1. The summed E-state index contributed by atoms with van der Waals surface area (Å²) in [5, 5.41) is 0.491. The van der Waals surface area contributed by atoms with Crippen LogP contribution in [0.2, 0.25) is 5.02 Å². The van der Waals surface area contributed by atoms with Crippen LogP contribution < -0.4 is 4.74 Å². The summed E-state index contributed by atoms with van der Waals surface area (Å²) in [6.45, 7) is 1.76. The predicted octanol–water partition coefficient (Wildman–Crippen LogP) is 2.44. The Kier molecular flexibility index (Phi) is 3.36. The summed E-state index contributed by atoms with van der Waals surface area (Å²) in [4.78, 5) is 11.3. The molecule has 0 amide bonds. The number of carbonyl (C=O) groups excluding carboxylic acids is 1. The topological polar surface area (TPSA) is 35.5 Å². The molecule has 1 aromatic carbocycles. The van der Waals surface area contributed by atoms with Crippen LogP contribution in [0, 0.1) is 6.92 Å². The van der Waals surface area contributed by atoms with Crippen molar-refractivity contribution in [1.29, 1.82) is 0 Å². The highest BCUT2D eigenvalue weighted by molar-refractivity contribution is 6.32. The fourth-order valence-corrected chi connectivity index (χ4v) is 1.30. The fraction of sp³-hybridized carbons (Fsp3) is 0.300. The fourth-order valence-electron chi connectivity index (χ4n) is 1.09. The summed E-state index contributed by atoms with van der Waals surface area (Å²) in [7, 11) is 2.84. The number of methoxy groups -OCH3 is 2. The molecule has 0 saturated heterocycles. The molecule has 0 aliphatic heterocycles. The zero-order chi connectivity index (χ0) is 10.7. The Bertz CT molecular complexity index is 361. The average Bonchev–Trinajstić information content (AvgIpc) is 2.20. The van der Waals surface area contributed by atoms with Gasteiger partial charge >= 0.3 is 5.97 Å². The largest absolute Gasteiger partial charge is 0.497 e. The summed E-state index contributed by atoms with van der Waals surface area (Å²) in [6.07, 6.45) is 0. The Morgan fingerprint density at radius 3 is 2.50 bits per heavy atom. The number of ether oxygens (including phenoxy) is 2. The molecule has 0 atom stereocenters. The van der Waals surface area contributed by atoms with Crippen LogP contribution in [-0.4, -0.2) is 20.2 Å². The van der Waals surface area contributed by atoms with Crippen LogP contribution in [0.4, 0.5) is 0 Å². The van der Waals surface area contributed by atoms with E-state index >= 15 is 0 Å². The van der Waals surface area contributed by atoms with Gasteiger partial charge in [-0.2, -0.15) is 0 Å². The van der Waals surface area contributed by atoms with Crippen LogP contribution in [-0.2, 0) is 4.74 Å². The highest BCUT2D eigenvalue weighted by Crippen LogP contribution is 2.26. The van der Waals surface area contributed by atoms with E-state index in [2.05, 4.69) is 4.74 Å². The molecule has 76 valence electrons. The van der Waals surface area contributed by atoms with Gasteiger partial charge in [0.2, 0.25) is 0 Å². The lowest BCUT2D eigenvalue weighted by molar-refractivity contribution is 0.0599. The summed E-state index contributed by atoms with van der Waals surface area (Å²) >= 11 is 5.91. The third-order valence-electron chi connectivity index (χ3n) is 1.96. The van der Waals surface area contributed by atoms with Crippen molar-refractivity contribution in [3.8, 4) is 5.75 Å². The van der Waals surface area contributed by atoms with Gasteiger partial charge in [0.05, 0.1) is 19.8 Å². The van der Waals surface area contributed by atoms with Crippen LogP contribution >= 0.6 is 11.6 Å². The molecular formula is C10H11ClO3. The monoisotopic (exact) mass is 214 g/mol. The number of hydrogen-bond acceptors (Lipinski definition) is 3. The minimum absolute atomic E-state index is 0.414. The van der Waals surface area contributed by atoms with Crippen molar-refractivity contribution in [2.24, 2.45) is 0 Å². The van der Waals surface area contributed by atoms with Gasteiger partial charge in [-0.05, 0) is 24.6 Å². The second kappa shape index (κ2) is 4.33. The molecule has 0 N–H and O–H groups in total. The van der Waals surface area contributed by atoms with Crippen LogP contribution in [0.15, 0.2) is 12.1 Å². The van der Waals surface area contributed by atoms with E-state index in [1.807, 2.05) is 0 Å². The summed E-state index contributed by atoms with van der Waals surface area (Å²) in [6, 6.07) is 3.26. The third kappa shape index (κ3) is 1.99. The number of esters is 1. The predicted molar refractivity (Wildman–Crippen MR) is 54.1 cm³/mol. The second-order valence-electron chi connectivity index (χ2n) is 2.77. The Labute approximate surface area is 87.6 Å². The zero-order valence-corrected chi connectivity index (χ0v) is 9.01. The normalized spacial score (nSPS) is 9.71. The molecule has 0 unspecified atom stereocenters. The number of halogens is 1. The first kappa shape index (κ1) is 10.9. The molecule has 1 aromatic rings. The van der Waals surface area contributed by atoms with Gasteiger partial charge < -0.3 is 9.47 Å². The zero-order valence-electron chi connectivity index (χ0n) is 8.26. The SMILES string of the molecule is COC(=O)c1cc(OC)cc(Cl)c1C. The Morgan fingerprint density at radius 2 is 2.00 bits per heavy atom.